The molecule has 0 aliphatic rings. The van der Waals surface area contributed by atoms with E-state index in [1.54, 1.807) is 14.2 Å². The lowest BCUT2D eigenvalue weighted by Gasteiger charge is -2.08. The van der Waals surface area contributed by atoms with Gasteiger partial charge in [-0.3, -0.25) is 4.79 Å². The van der Waals surface area contributed by atoms with E-state index < -0.39 is 0 Å². The fourth-order valence-corrected chi connectivity index (χ4v) is 3.03. The van der Waals surface area contributed by atoms with Crippen molar-refractivity contribution in [2.45, 2.75) is 26.7 Å². The SMILES string of the molecule is COc1ccc(-c2nc(CC(=O)NCCC(C)C)cs2)cc1OC. The monoisotopic (exact) mass is 348 g/mol. The van der Waals surface area contributed by atoms with Gasteiger partial charge in [-0.15, -0.1) is 11.3 Å². The highest BCUT2D eigenvalue weighted by Gasteiger charge is 2.11. The molecule has 0 unspecified atom stereocenters. The summed E-state index contributed by atoms with van der Waals surface area (Å²) in [6.07, 6.45) is 1.29. The molecule has 0 fully saturated rings. The second-order valence-corrected chi connectivity index (χ2v) is 6.78. The maximum Gasteiger partial charge on any atom is 0.226 e. The largest absolute Gasteiger partial charge is 0.493 e. The zero-order chi connectivity index (χ0) is 17.5. The molecule has 6 heteroatoms. The summed E-state index contributed by atoms with van der Waals surface area (Å²) in [5.74, 6) is 1.95. The molecule has 0 radical (unpaired) electrons. The molecule has 0 saturated carbocycles. The summed E-state index contributed by atoms with van der Waals surface area (Å²) in [5, 5.41) is 5.72. The number of ether oxygens (including phenoxy) is 2. The Morgan fingerprint density at radius 3 is 2.67 bits per heavy atom. The topological polar surface area (TPSA) is 60.5 Å². The number of methoxy groups -OCH3 is 2. The van der Waals surface area contributed by atoms with Crippen LogP contribution in [0.5, 0.6) is 11.5 Å². The van der Waals surface area contributed by atoms with Crippen molar-refractivity contribution in [3.05, 3.63) is 29.3 Å². The lowest BCUT2D eigenvalue weighted by atomic mass is 10.1. The van der Waals surface area contributed by atoms with Gasteiger partial charge >= 0.3 is 0 Å². The number of hydrogen-bond donors (Lipinski definition) is 1. The van der Waals surface area contributed by atoms with Crippen LogP contribution in [0.1, 0.15) is 26.0 Å². The first-order valence-corrected chi connectivity index (χ1v) is 8.85. The summed E-state index contributed by atoms with van der Waals surface area (Å²) in [4.78, 5) is 16.5. The molecule has 1 heterocycles. The molecule has 0 atom stereocenters. The minimum atomic E-state index is 0.0137. The first-order chi connectivity index (χ1) is 11.5. The number of carbonyl (C=O) groups is 1. The Morgan fingerprint density at radius 2 is 2.00 bits per heavy atom. The third-order valence-electron chi connectivity index (χ3n) is 3.57. The van der Waals surface area contributed by atoms with E-state index in [0.29, 0.717) is 30.4 Å². The molecule has 1 N–H and O–H groups in total. The van der Waals surface area contributed by atoms with Crippen molar-refractivity contribution in [2.75, 3.05) is 20.8 Å². The van der Waals surface area contributed by atoms with Crippen molar-refractivity contribution in [2.24, 2.45) is 5.92 Å². The van der Waals surface area contributed by atoms with Crippen LogP contribution in [-0.2, 0) is 11.2 Å². The van der Waals surface area contributed by atoms with Crippen molar-refractivity contribution in [1.29, 1.82) is 0 Å². The van der Waals surface area contributed by atoms with Gasteiger partial charge in [0, 0.05) is 17.5 Å². The molecule has 130 valence electrons. The Balaban J connectivity index is 2.01. The van der Waals surface area contributed by atoms with Gasteiger partial charge in [0.15, 0.2) is 11.5 Å². The van der Waals surface area contributed by atoms with Gasteiger partial charge in [-0.05, 0) is 30.5 Å². The van der Waals surface area contributed by atoms with E-state index in [4.69, 9.17) is 9.47 Å². The molecule has 1 aromatic carbocycles. The van der Waals surface area contributed by atoms with Crippen LogP contribution >= 0.6 is 11.3 Å². The number of rotatable bonds is 8. The first kappa shape index (κ1) is 18.3. The molecule has 1 aromatic heterocycles. The van der Waals surface area contributed by atoms with Crippen molar-refractivity contribution < 1.29 is 14.3 Å². The van der Waals surface area contributed by atoms with E-state index in [0.717, 1.165) is 22.7 Å². The van der Waals surface area contributed by atoms with Crippen LogP contribution in [0.15, 0.2) is 23.6 Å². The minimum absolute atomic E-state index is 0.0137. The highest BCUT2D eigenvalue weighted by molar-refractivity contribution is 7.13. The number of benzene rings is 1. The molecule has 0 spiro atoms. The number of amides is 1. The molecule has 24 heavy (non-hydrogen) atoms. The van der Waals surface area contributed by atoms with Gasteiger partial charge in [-0.25, -0.2) is 4.98 Å². The van der Waals surface area contributed by atoms with E-state index in [9.17, 15) is 4.79 Å². The lowest BCUT2D eigenvalue weighted by molar-refractivity contribution is -0.120. The summed E-state index contributed by atoms with van der Waals surface area (Å²) in [6.45, 7) is 4.99. The maximum atomic E-state index is 11.9. The Bertz CT molecular complexity index is 683. The molecular weight excluding hydrogens is 324 g/mol. The number of aromatic nitrogens is 1. The second kappa shape index (κ2) is 8.68. The van der Waals surface area contributed by atoms with E-state index in [2.05, 4.69) is 24.1 Å². The average Bonchev–Trinajstić information content (AvgIpc) is 3.02. The lowest BCUT2D eigenvalue weighted by Crippen LogP contribution is -2.26. The zero-order valence-electron chi connectivity index (χ0n) is 14.6. The Morgan fingerprint density at radius 1 is 1.25 bits per heavy atom. The van der Waals surface area contributed by atoms with Gasteiger partial charge in [0.1, 0.15) is 5.01 Å². The Labute approximate surface area is 147 Å². The van der Waals surface area contributed by atoms with E-state index in [-0.39, 0.29) is 5.91 Å². The molecule has 0 saturated heterocycles. The van der Waals surface area contributed by atoms with Crippen molar-refractivity contribution in [3.8, 4) is 22.1 Å². The standard InChI is InChI=1S/C18H24N2O3S/c1-12(2)7-8-19-17(21)10-14-11-24-18(20-14)13-5-6-15(22-3)16(9-13)23-4/h5-6,9,11-12H,7-8,10H2,1-4H3,(H,19,21). The smallest absolute Gasteiger partial charge is 0.226 e. The van der Waals surface area contributed by atoms with Crippen LogP contribution in [0, 0.1) is 5.92 Å². The second-order valence-electron chi connectivity index (χ2n) is 5.92. The summed E-state index contributed by atoms with van der Waals surface area (Å²) in [6, 6.07) is 5.69. The van der Waals surface area contributed by atoms with Crippen LogP contribution in [0.2, 0.25) is 0 Å². The number of carbonyl (C=O) groups excluding carboxylic acids is 1. The van der Waals surface area contributed by atoms with E-state index in [1.165, 1.54) is 11.3 Å². The fraction of sp³-hybridized carbons (Fsp3) is 0.444. The molecular formula is C18H24N2O3S. The predicted molar refractivity (Wildman–Crippen MR) is 96.8 cm³/mol. The van der Waals surface area contributed by atoms with Crippen molar-refractivity contribution in [3.63, 3.8) is 0 Å². The number of nitrogens with one attached hydrogen (secondary N) is 1. The van der Waals surface area contributed by atoms with Crippen LogP contribution in [0.25, 0.3) is 10.6 Å². The minimum Gasteiger partial charge on any atom is -0.493 e. The van der Waals surface area contributed by atoms with Gasteiger partial charge in [0.25, 0.3) is 0 Å². The van der Waals surface area contributed by atoms with Gasteiger partial charge in [-0.2, -0.15) is 0 Å². The van der Waals surface area contributed by atoms with Crippen LogP contribution in [0.3, 0.4) is 0 Å². The van der Waals surface area contributed by atoms with Gasteiger partial charge in [0.2, 0.25) is 5.91 Å². The normalized spacial score (nSPS) is 10.7. The van der Waals surface area contributed by atoms with Crippen molar-refractivity contribution >= 4 is 17.2 Å². The third-order valence-corrected chi connectivity index (χ3v) is 4.51. The summed E-state index contributed by atoms with van der Waals surface area (Å²) in [7, 11) is 3.22. The summed E-state index contributed by atoms with van der Waals surface area (Å²) >= 11 is 1.52. The predicted octanol–water partition coefficient (Wildman–Crippen LogP) is 3.53. The molecule has 2 rings (SSSR count). The number of thiazole rings is 1. The highest BCUT2D eigenvalue weighted by Crippen LogP contribution is 2.33. The first-order valence-electron chi connectivity index (χ1n) is 7.97. The number of nitrogens with zero attached hydrogens (tertiary/aromatic N) is 1. The van der Waals surface area contributed by atoms with Crippen LogP contribution < -0.4 is 14.8 Å². The van der Waals surface area contributed by atoms with Crippen LogP contribution in [0.4, 0.5) is 0 Å². The van der Waals surface area contributed by atoms with E-state index in [1.807, 2.05) is 23.6 Å². The third kappa shape index (κ3) is 4.96. The van der Waals surface area contributed by atoms with Crippen LogP contribution in [-0.4, -0.2) is 31.7 Å². The van der Waals surface area contributed by atoms with E-state index >= 15 is 0 Å². The fourth-order valence-electron chi connectivity index (χ4n) is 2.22. The Hall–Kier alpha value is -2.08. The average molecular weight is 348 g/mol. The molecule has 5 nitrogen and oxygen atoms in total. The van der Waals surface area contributed by atoms with Gasteiger partial charge < -0.3 is 14.8 Å². The summed E-state index contributed by atoms with van der Waals surface area (Å²) < 4.78 is 10.6. The molecule has 0 aliphatic carbocycles. The Kier molecular flexibility index (Phi) is 6.61. The number of hydrogen-bond acceptors (Lipinski definition) is 5. The maximum absolute atomic E-state index is 11.9. The highest BCUT2D eigenvalue weighted by atomic mass is 32.1. The zero-order valence-corrected chi connectivity index (χ0v) is 15.4. The molecule has 2 aromatic rings. The molecule has 0 bridgehead atoms. The molecule has 1 amide bonds. The van der Waals surface area contributed by atoms with Crippen molar-refractivity contribution in [1.82, 2.24) is 10.3 Å². The molecule has 0 aliphatic heterocycles. The summed E-state index contributed by atoms with van der Waals surface area (Å²) in [5.41, 5.74) is 1.73. The van der Waals surface area contributed by atoms with Gasteiger partial charge in [0.05, 0.1) is 26.3 Å². The van der Waals surface area contributed by atoms with Gasteiger partial charge in [-0.1, -0.05) is 13.8 Å². The quantitative estimate of drug-likeness (QED) is 0.793.